The van der Waals surface area contributed by atoms with Crippen LogP contribution in [0.25, 0.3) is 11.1 Å². The number of fused-ring (bicyclic) bond motifs is 3. The summed E-state index contributed by atoms with van der Waals surface area (Å²) in [5.41, 5.74) is 4.28. The van der Waals surface area contributed by atoms with E-state index in [9.17, 15) is 5.26 Å². The van der Waals surface area contributed by atoms with Gasteiger partial charge in [-0.2, -0.15) is 5.26 Å². The van der Waals surface area contributed by atoms with Crippen molar-refractivity contribution in [2.45, 2.75) is 24.7 Å². The van der Waals surface area contributed by atoms with Gasteiger partial charge in [-0.05, 0) is 48.1 Å². The van der Waals surface area contributed by atoms with Crippen LogP contribution in [0.2, 0.25) is 0 Å². The Labute approximate surface area is 138 Å². The molecule has 0 amide bonds. The van der Waals surface area contributed by atoms with E-state index >= 15 is 0 Å². The molecule has 0 fully saturated rings. The highest BCUT2D eigenvalue weighted by atomic mass is 14.8. The lowest BCUT2D eigenvalue weighted by Crippen LogP contribution is -2.23. The zero-order chi connectivity index (χ0) is 16.1. The van der Waals surface area contributed by atoms with Gasteiger partial charge in [-0.15, -0.1) is 6.58 Å². The number of nitriles is 1. The second kappa shape index (κ2) is 6.81. The molecule has 1 aliphatic carbocycles. The van der Waals surface area contributed by atoms with Gasteiger partial charge < -0.3 is 5.32 Å². The first-order valence-electron chi connectivity index (χ1n) is 8.26. The maximum atomic E-state index is 10.1. The van der Waals surface area contributed by atoms with Gasteiger partial charge in [-0.3, -0.25) is 0 Å². The molecule has 2 heteroatoms. The summed E-state index contributed by atoms with van der Waals surface area (Å²) in [7, 11) is 0. The minimum atomic E-state index is -0.494. The molecule has 2 nitrogen and oxygen atoms in total. The zero-order valence-corrected chi connectivity index (χ0v) is 13.4. The molecule has 0 atom stereocenters. The van der Waals surface area contributed by atoms with Crippen LogP contribution in [0.3, 0.4) is 0 Å². The van der Waals surface area contributed by atoms with Gasteiger partial charge in [0.05, 0.1) is 6.07 Å². The van der Waals surface area contributed by atoms with Crippen LogP contribution in [0.15, 0.2) is 61.2 Å². The van der Waals surface area contributed by atoms with Crippen molar-refractivity contribution in [1.29, 1.82) is 5.26 Å². The Morgan fingerprint density at radius 1 is 1.00 bits per heavy atom. The van der Waals surface area contributed by atoms with Crippen molar-refractivity contribution in [3.8, 4) is 17.2 Å². The van der Waals surface area contributed by atoms with E-state index in [1.54, 1.807) is 0 Å². The number of hydrogen-bond donors (Lipinski definition) is 1. The molecule has 1 N–H and O–H groups in total. The summed E-state index contributed by atoms with van der Waals surface area (Å²) in [5.74, 6) is 0. The molecule has 0 radical (unpaired) electrons. The van der Waals surface area contributed by atoms with Gasteiger partial charge in [0.1, 0.15) is 5.41 Å². The maximum absolute atomic E-state index is 10.1. The molecule has 0 bridgehead atoms. The number of nitrogens with one attached hydrogen (secondary N) is 1. The molecule has 0 spiro atoms. The molecule has 0 unspecified atom stereocenters. The van der Waals surface area contributed by atoms with Gasteiger partial charge in [-0.25, -0.2) is 0 Å². The highest BCUT2D eigenvalue weighted by molar-refractivity contribution is 5.82. The quantitative estimate of drug-likeness (QED) is 0.607. The van der Waals surface area contributed by atoms with Gasteiger partial charge >= 0.3 is 0 Å². The summed E-state index contributed by atoms with van der Waals surface area (Å²) in [6.45, 7) is 5.52. The number of rotatable bonds is 7. The van der Waals surface area contributed by atoms with E-state index in [4.69, 9.17) is 0 Å². The minimum absolute atomic E-state index is 0.494. The Morgan fingerprint density at radius 2 is 1.61 bits per heavy atom. The second-order valence-electron chi connectivity index (χ2n) is 6.06. The van der Waals surface area contributed by atoms with Gasteiger partial charge in [0.15, 0.2) is 0 Å². The molecular weight excluding hydrogens is 280 g/mol. The highest BCUT2D eigenvalue weighted by Crippen LogP contribution is 2.50. The Morgan fingerprint density at radius 3 is 2.17 bits per heavy atom. The number of benzene rings is 2. The first kappa shape index (κ1) is 15.5. The van der Waals surface area contributed by atoms with E-state index in [-0.39, 0.29) is 0 Å². The lowest BCUT2D eigenvalue weighted by Gasteiger charge is -2.24. The minimum Gasteiger partial charge on any atom is -0.313 e. The lowest BCUT2D eigenvalue weighted by molar-refractivity contribution is 0.539. The number of unbranched alkanes of at least 4 members (excludes halogenated alkanes) is 1. The zero-order valence-electron chi connectivity index (χ0n) is 13.4. The fraction of sp³-hybridized carbons (Fsp3) is 0.286. The first-order valence-corrected chi connectivity index (χ1v) is 8.26. The van der Waals surface area contributed by atoms with Crippen molar-refractivity contribution in [1.82, 2.24) is 5.32 Å². The fourth-order valence-corrected chi connectivity index (χ4v) is 3.62. The van der Waals surface area contributed by atoms with E-state index < -0.39 is 5.41 Å². The predicted molar refractivity (Wildman–Crippen MR) is 95.2 cm³/mol. The van der Waals surface area contributed by atoms with Crippen molar-refractivity contribution in [3.63, 3.8) is 0 Å². The van der Waals surface area contributed by atoms with E-state index in [1.807, 2.05) is 18.2 Å². The smallest absolute Gasteiger partial charge is 0.108 e. The van der Waals surface area contributed by atoms with Crippen LogP contribution in [-0.4, -0.2) is 13.1 Å². The molecule has 0 aromatic heterocycles. The SMILES string of the molecule is C=CCNCCCCC1(C#N)c2ccccc2-c2ccccc21. The first-order chi connectivity index (χ1) is 11.3. The predicted octanol–water partition coefficient (Wildman–Crippen LogP) is 4.42. The fourth-order valence-electron chi connectivity index (χ4n) is 3.62. The summed E-state index contributed by atoms with van der Waals surface area (Å²) in [5, 5.41) is 13.4. The van der Waals surface area contributed by atoms with E-state index in [2.05, 4.69) is 54.4 Å². The third-order valence-corrected chi connectivity index (χ3v) is 4.70. The van der Waals surface area contributed by atoms with E-state index in [0.717, 1.165) is 32.4 Å². The van der Waals surface area contributed by atoms with Gasteiger partial charge in [-0.1, -0.05) is 54.6 Å². The largest absolute Gasteiger partial charge is 0.313 e. The van der Waals surface area contributed by atoms with Gasteiger partial charge in [0, 0.05) is 6.54 Å². The molecule has 116 valence electrons. The molecule has 0 aliphatic heterocycles. The van der Waals surface area contributed by atoms with Crippen LogP contribution in [0.5, 0.6) is 0 Å². The van der Waals surface area contributed by atoms with Gasteiger partial charge in [0.25, 0.3) is 0 Å². The van der Waals surface area contributed by atoms with Crippen LogP contribution in [0, 0.1) is 11.3 Å². The summed E-state index contributed by atoms with van der Waals surface area (Å²) in [4.78, 5) is 0. The van der Waals surface area contributed by atoms with Gasteiger partial charge in [0.2, 0.25) is 0 Å². The van der Waals surface area contributed by atoms with Crippen LogP contribution in [0.1, 0.15) is 30.4 Å². The number of hydrogen-bond acceptors (Lipinski definition) is 2. The van der Waals surface area contributed by atoms with Crippen molar-refractivity contribution in [2.24, 2.45) is 0 Å². The van der Waals surface area contributed by atoms with Crippen molar-refractivity contribution >= 4 is 0 Å². The van der Waals surface area contributed by atoms with Crippen molar-refractivity contribution in [2.75, 3.05) is 13.1 Å². The summed E-state index contributed by atoms with van der Waals surface area (Å²) in [6.07, 6.45) is 4.84. The summed E-state index contributed by atoms with van der Waals surface area (Å²) < 4.78 is 0. The molecule has 3 rings (SSSR count). The standard InChI is InChI=1S/C21H22N2/c1-2-14-23-15-8-7-13-21(16-22)19-11-5-3-9-17(19)18-10-4-6-12-20(18)21/h2-6,9-12,23H,1,7-8,13-15H2. The topological polar surface area (TPSA) is 35.8 Å². The Balaban J connectivity index is 1.86. The Hall–Kier alpha value is -2.37. The summed E-state index contributed by atoms with van der Waals surface area (Å²) >= 11 is 0. The molecule has 0 saturated carbocycles. The Kier molecular flexibility index (Phi) is 4.60. The lowest BCUT2D eigenvalue weighted by atomic mass is 9.75. The average Bonchev–Trinajstić information content (AvgIpc) is 2.89. The normalized spacial score (nSPS) is 13.9. The van der Waals surface area contributed by atoms with Crippen molar-refractivity contribution in [3.05, 3.63) is 72.3 Å². The highest BCUT2D eigenvalue weighted by Gasteiger charge is 2.42. The van der Waals surface area contributed by atoms with Crippen LogP contribution >= 0.6 is 0 Å². The van der Waals surface area contributed by atoms with Crippen LogP contribution in [0.4, 0.5) is 0 Å². The van der Waals surface area contributed by atoms with E-state index in [1.165, 1.54) is 22.3 Å². The summed E-state index contributed by atoms with van der Waals surface area (Å²) in [6, 6.07) is 19.4. The van der Waals surface area contributed by atoms with E-state index in [0.29, 0.717) is 0 Å². The average molecular weight is 302 g/mol. The Bertz CT molecular complexity index is 694. The molecule has 0 saturated heterocycles. The van der Waals surface area contributed by atoms with Crippen LogP contribution < -0.4 is 5.32 Å². The molecule has 2 aromatic rings. The second-order valence-corrected chi connectivity index (χ2v) is 6.06. The third kappa shape index (κ3) is 2.69. The molecule has 23 heavy (non-hydrogen) atoms. The molecule has 1 aliphatic rings. The third-order valence-electron chi connectivity index (χ3n) is 4.70. The maximum Gasteiger partial charge on any atom is 0.108 e. The monoisotopic (exact) mass is 302 g/mol. The molecular formula is C21H22N2. The molecule has 2 aromatic carbocycles. The molecule has 0 heterocycles. The van der Waals surface area contributed by atoms with Crippen molar-refractivity contribution < 1.29 is 0 Å². The number of nitrogens with zero attached hydrogens (tertiary/aromatic N) is 1. The van der Waals surface area contributed by atoms with Crippen LogP contribution in [-0.2, 0) is 5.41 Å².